The fourth-order valence-corrected chi connectivity index (χ4v) is 4.45. The molecule has 0 aliphatic carbocycles. The lowest BCUT2D eigenvalue weighted by atomic mass is 9.99. The SMILES string of the molecule is CC(C)N(CC1CCCNC1)S(=O)(=O)c1ccn(C)c1. The van der Waals surface area contributed by atoms with Crippen molar-refractivity contribution in [2.24, 2.45) is 13.0 Å². The molecule has 1 saturated heterocycles. The minimum absolute atomic E-state index is 0.0258. The van der Waals surface area contributed by atoms with E-state index in [0.29, 0.717) is 17.4 Å². The highest BCUT2D eigenvalue weighted by atomic mass is 32.2. The topological polar surface area (TPSA) is 54.3 Å². The Kier molecular flexibility index (Phi) is 4.88. The minimum atomic E-state index is -3.39. The van der Waals surface area contributed by atoms with Gasteiger partial charge in [0.2, 0.25) is 10.0 Å². The Morgan fingerprint density at radius 1 is 1.50 bits per heavy atom. The average molecular weight is 299 g/mol. The van der Waals surface area contributed by atoms with Gasteiger partial charge in [0.15, 0.2) is 0 Å². The van der Waals surface area contributed by atoms with E-state index in [4.69, 9.17) is 0 Å². The van der Waals surface area contributed by atoms with Gasteiger partial charge in [0.1, 0.15) is 0 Å². The maximum atomic E-state index is 12.8. The molecule has 0 radical (unpaired) electrons. The quantitative estimate of drug-likeness (QED) is 0.895. The van der Waals surface area contributed by atoms with Gasteiger partial charge in [0, 0.05) is 32.0 Å². The van der Waals surface area contributed by atoms with Crippen LogP contribution in [0.2, 0.25) is 0 Å². The highest BCUT2D eigenvalue weighted by molar-refractivity contribution is 7.89. The lowest BCUT2D eigenvalue weighted by Gasteiger charge is -2.31. The molecule has 1 fully saturated rings. The molecule has 0 amide bonds. The zero-order valence-corrected chi connectivity index (χ0v) is 13.4. The van der Waals surface area contributed by atoms with E-state index in [1.54, 1.807) is 27.3 Å². The normalized spacial score (nSPS) is 20.8. The summed E-state index contributed by atoms with van der Waals surface area (Å²) in [6.45, 7) is 6.44. The lowest BCUT2D eigenvalue weighted by molar-refractivity contribution is 0.264. The van der Waals surface area contributed by atoms with E-state index in [-0.39, 0.29) is 6.04 Å². The maximum Gasteiger partial charge on any atom is 0.244 e. The van der Waals surface area contributed by atoms with Crippen LogP contribution in [0.15, 0.2) is 23.4 Å². The molecule has 1 aromatic heterocycles. The predicted molar refractivity (Wildman–Crippen MR) is 80.0 cm³/mol. The summed E-state index contributed by atoms with van der Waals surface area (Å²) in [6, 6.07) is 1.64. The van der Waals surface area contributed by atoms with Crippen molar-refractivity contribution in [1.82, 2.24) is 14.2 Å². The summed E-state index contributed by atoms with van der Waals surface area (Å²) < 4.78 is 28.9. The van der Waals surface area contributed by atoms with Crippen molar-refractivity contribution in [3.05, 3.63) is 18.5 Å². The van der Waals surface area contributed by atoms with E-state index >= 15 is 0 Å². The summed E-state index contributed by atoms with van der Waals surface area (Å²) in [7, 11) is -1.56. The number of aromatic nitrogens is 1. The van der Waals surface area contributed by atoms with Crippen molar-refractivity contribution in [1.29, 1.82) is 0 Å². The first kappa shape index (κ1) is 15.5. The molecule has 1 aromatic rings. The fraction of sp³-hybridized carbons (Fsp3) is 0.714. The molecule has 5 nitrogen and oxygen atoms in total. The maximum absolute atomic E-state index is 12.8. The van der Waals surface area contributed by atoms with Gasteiger partial charge in [-0.15, -0.1) is 0 Å². The smallest absolute Gasteiger partial charge is 0.244 e. The second-order valence-electron chi connectivity index (χ2n) is 5.89. The summed E-state index contributed by atoms with van der Waals surface area (Å²) in [5, 5.41) is 3.35. The molecule has 1 aliphatic heterocycles. The summed E-state index contributed by atoms with van der Waals surface area (Å²) in [4.78, 5) is 0.387. The number of rotatable bonds is 5. The molecule has 1 N–H and O–H groups in total. The Bertz CT molecular complexity index is 530. The Morgan fingerprint density at radius 3 is 2.75 bits per heavy atom. The molecule has 1 aliphatic rings. The number of sulfonamides is 1. The van der Waals surface area contributed by atoms with Gasteiger partial charge in [-0.1, -0.05) is 0 Å². The van der Waals surface area contributed by atoms with Gasteiger partial charge in [0.05, 0.1) is 4.90 Å². The van der Waals surface area contributed by atoms with E-state index in [0.717, 1.165) is 25.9 Å². The van der Waals surface area contributed by atoms with E-state index in [1.165, 1.54) is 0 Å². The highest BCUT2D eigenvalue weighted by Crippen LogP contribution is 2.22. The van der Waals surface area contributed by atoms with Crippen LogP contribution in [0.4, 0.5) is 0 Å². The average Bonchev–Trinajstić information content (AvgIpc) is 2.84. The van der Waals surface area contributed by atoms with Crippen LogP contribution < -0.4 is 5.32 Å². The second kappa shape index (κ2) is 6.28. The van der Waals surface area contributed by atoms with Crippen molar-refractivity contribution in [2.75, 3.05) is 19.6 Å². The minimum Gasteiger partial charge on any atom is -0.356 e. The first-order chi connectivity index (χ1) is 9.41. The van der Waals surface area contributed by atoms with Crippen LogP contribution in [0.1, 0.15) is 26.7 Å². The lowest BCUT2D eigenvalue weighted by Crippen LogP contribution is -2.44. The first-order valence-electron chi connectivity index (χ1n) is 7.26. The molecule has 0 spiro atoms. The summed E-state index contributed by atoms with van der Waals surface area (Å²) in [6.07, 6.45) is 5.67. The standard InChI is InChI=1S/C14H25N3O2S/c1-12(2)17(10-13-5-4-7-15-9-13)20(18,19)14-6-8-16(3)11-14/h6,8,11-13,15H,4-5,7,9-10H2,1-3H3. The van der Waals surface area contributed by atoms with Crippen LogP contribution in [0.25, 0.3) is 0 Å². The number of aryl methyl sites for hydroxylation is 1. The van der Waals surface area contributed by atoms with Crippen LogP contribution in [-0.4, -0.2) is 43.0 Å². The predicted octanol–water partition coefficient (Wildman–Crippen LogP) is 1.42. The molecule has 1 atom stereocenters. The van der Waals surface area contributed by atoms with Crippen LogP contribution in [0, 0.1) is 5.92 Å². The van der Waals surface area contributed by atoms with Crippen LogP contribution in [-0.2, 0) is 17.1 Å². The largest absolute Gasteiger partial charge is 0.356 e. The van der Waals surface area contributed by atoms with Gasteiger partial charge in [0.25, 0.3) is 0 Å². The Morgan fingerprint density at radius 2 is 2.25 bits per heavy atom. The summed E-state index contributed by atoms with van der Waals surface area (Å²) in [5.74, 6) is 0.407. The summed E-state index contributed by atoms with van der Waals surface area (Å²) in [5.41, 5.74) is 0. The Labute approximate surface area is 122 Å². The number of nitrogens with one attached hydrogen (secondary N) is 1. The molecule has 2 heterocycles. The van der Waals surface area contributed by atoms with Crippen LogP contribution in [0.5, 0.6) is 0 Å². The molecular formula is C14H25N3O2S. The van der Waals surface area contributed by atoms with Crippen molar-refractivity contribution < 1.29 is 8.42 Å². The third kappa shape index (κ3) is 3.42. The first-order valence-corrected chi connectivity index (χ1v) is 8.70. The molecular weight excluding hydrogens is 274 g/mol. The number of hydrogen-bond donors (Lipinski definition) is 1. The van der Waals surface area contributed by atoms with Gasteiger partial charge in [-0.25, -0.2) is 8.42 Å². The molecule has 1 unspecified atom stereocenters. The zero-order valence-electron chi connectivity index (χ0n) is 12.5. The van der Waals surface area contributed by atoms with Crippen molar-refractivity contribution in [3.63, 3.8) is 0 Å². The van der Waals surface area contributed by atoms with Crippen molar-refractivity contribution in [2.45, 2.75) is 37.6 Å². The van der Waals surface area contributed by atoms with Gasteiger partial charge in [-0.05, 0) is 51.8 Å². The monoisotopic (exact) mass is 299 g/mol. The molecule has 0 aromatic carbocycles. The van der Waals surface area contributed by atoms with E-state index < -0.39 is 10.0 Å². The van der Waals surface area contributed by atoms with Crippen LogP contribution in [0.3, 0.4) is 0 Å². The molecule has 0 saturated carbocycles. The second-order valence-corrected chi connectivity index (χ2v) is 7.78. The summed E-state index contributed by atoms with van der Waals surface area (Å²) >= 11 is 0. The van der Waals surface area contributed by atoms with E-state index in [2.05, 4.69) is 5.32 Å². The zero-order chi connectivity index (χ0) is 14.8. The molecule has 6 heteroatoms. The number of hydrogen-bond acceptors (Lipinski definition) is 3. The number of nitrogens with zero attached hydrogens (tertiary/aromatic N) is 2. The third-order valence-corrected chi connectivity index (χ3v) is 5.85. The van der Waals surface area contributed by atoms with Crippen molar-refractivity contribution in [3.8, 4) is 0 Å². The van der Waals surface area contributed by atoms with E-state index in [1.807, 2.05) is 20.9 Å². The van der Waals surface area contributed by atoms with Gasteiger partial charge in [-0.2, -0.15) is 4.31 Å². The highest BCUT2D eigenvalue weighted by Gasteiger charge is 2.30. The molecule has 20 heavy (non-hydrogen) atoms. The molecule has 0 bridgehead atoms. The van der Waals surface area contributed by atoms with E-state index in [9.17, 15) is 8.42 Å². The van der Waals surface area contributed by atoms with Crippen LogP contribution >= 0.6 is 0 Å². The third-order valence-electron chi connectivity index (χ3n) is 3.82. The Balaban J connectivity index is 2.19. The van der Waals surface area contributed by atoms with Gasteiger partial charge < -0.3 is 9.88 Å². The fourth-order valence-electron chi connectivity index (χ4n) is 2.69. The van der Waals surface area contributed by atoms with Gasteiger partial charge in [-0.3, -0.25) is 0 Å². The molecule has 2 rings (SSSR count). The van der Waals surface area contributed by atoms with Crippen molar-refractivity contribution >= 4 is 10.0 Å². The Hall–Kier alpha value is -0.850. The molecule has 114 valence electrons. The number of piperidine rings is 1. The van der Waals surface area contributed by atoms with Gasteiger partial charge >= 0.3 is 0 Å².